The molecule has 1 aliphatic rings. The highest BCUT2D eigenvalue weighted by atomic mass is 32.2. The van der Waals surface area contributed by atoms with Gasteiger partial charge >= 0.3 is 0 Å². The predicted molar refractivity (Wildman–Crippen MR) is 67.7 cm³/mol. The van der Waals surface area contributed by atoms with Crippen molar-refractivity contribution < 1.29 is 4.74 Å². The van der Waals surface area contributed by atoms with Crippen LogP contribution in [-0.4, -0.2) is 61.8 Å². The number of morpholine rings is 1. The molecule has 0 spiro atoms. The minimum Gasteiger partial charge on any atom is -0.374 e. The largest absolute Gasteiger partial charge is 0.374 e. The van der Waals surface area contributed by atoms with E-state index in [2.05, 4.69) is 37.4 Å². The molecule has 1 heterocycles. The van der Waals surface area contributed by atoms with Crippen LogP contribution >= 0.6 is 11.8 Å². The highest BCUT2D eigenvalue weighted by Gasteiger charge is 2.19. The van der Waals surface area contributed by atoms with Crippen molar-refractivity contribution in [3.8, 4) is 0 Å². The van der Waals surface area contributed by atoms with E-state index in [1.54, 1.807) is 0 Å². The number of thioether (sulfide) groups is 1. The Morgan fingerprint density at radius 2 is 2.27 bits per heavy atom. The van der Waals surface area contributed by atoms with Gasteiger partial charge in [-0.05, 0) is 27.2 Å². The van der Waals surface area contributed by atoms with Crippen molar-refractivity contribution in [1.29, 1.82) is 0 Å². The van der Waals surface area contributed by atoms with E-state index in [4.69, 9.17) is 4.74 Å². The third kappa shape index (κ3) is 5.20. The second kappa shape index (κ2) is 6.09. The molecule has 3 nitrogen and oxygen atoms in total. The molecular formula is C11H24N2OS. The highest BCUT2D eigenvalue weighted by Crippen LogP contribution is 2.19. The van der Waals surface area contributed by atoms with Gasteiger partial charge in [0.25, 0.3) is 0 Å². The van der Waals surface area contributed by atoms with Crippen LogP contribution in [0, 0.1) is 0 Å². The molecule has 1 rings (SSSR count). The van der Waals surface area contributed by atoms with Crippen molar-refractivity contribution in [2.24, 2.45) is 0 Å². The zero-order valence-corrected chi connectivity index (χ0v) is 11.2. The second-order valence-corrected chi connectivity index (χ2v) is 6.36. The Labute approximate surface area is 97.9 Å². The van der Waals surface area contributed by atoms with Gasteiger partial charge in [-0.3, -0.25) is 0 Å². The molecule has 0 aromatic rings. The molecule has 1 saturated heterocycles. The third-order valence-corrected chi connectivity index (χ3v) is 4.07. The average Bonchev–Trinajstić information content (AvgIpc) is 2.18. The number of hydrogen-bond donors (Lipinski definition) is 1. The first-order valence-corrected chi connectivity index (χ1v) is 6.82. The molecule has 0 saturated carbocycles. The van der Waals surface area contributed by atoms with E-state index >= 15 is 0 Å². The van der Waals surface area contributed by atoms with Crippen LogP contribution in [0.15, 0.2) is 0 Å². The van der Waals surface area contributed by atoms with E-state index < -0.39 is 0 Å². The molecule has 15 heavy (non-hydrogen) atoms. The van der Waals surface area contributed by atoms with Crippen molar-refractivity contribution in [3.05, 3.63) is 0 Å². The fraction of sp³-hybridized carbons (Fsp3) is 1.00. The summed E-state index contributed by atoms with van der Waals surface area (Å²) in [6, 6.07) is 0. The molecule has 0 bridgehead atoms. The Morgan fingerprint density at radius 1 is 1.53 bits per heavy atom. The summed E-state index contributed by atoms with van der Waals surface area (Å²) in [4.78, 5) is 2.33. The lowest BCUT2D eigenvalue weighted by Crippen LogP contribution is -2.46. The normalized spacial score (nSPS) is 24.4. The van der Waals surface area contributed by atoms with Crippen molar-refractivity contribution >= 4 is 11.8 Å². The molecule has 4 heteroatoms. The molecule has 1 fully saturated rings. The molecule has 0 aliphatic carbocycles. The average molecular weight is 232 g/mol. The van der Waals surface area contributed by atoms with Crippen LogP contribution in [-0.2, 0) is 4.74 Å². The Kier molecular flexibility index (Phi) is 5.39. The Bertz CT molecular complexity index is 187. The zero-order valence-electron chi connectivity index (χ0n) is 10.4. The topological polar surface area (TPSA) is 24.5 Å². The first kappa shape index (κ1) is 13.3. The number of rotatable bonds is 5. The van der Waals surface area contributed by atoms with E-state index in [-0.39, 0.29) is 0 Å². The molecule has 1 N–H and O–H groups in total. The molecular weight excluding hydrogens is 208 g/mol. The number of ether oxygens (including phenoxy) is 1. The predicted octanol–water partition coefficient (Wildman–Crippen LogP) is 1.05. The summed E-state index contributed by atoms with van der Waals surface area (Å²) in [5, 5.41) is 3.49. The summed E-state index contributed by atoms with van der Waals surface area (Å²) in [5.41, 5.74) is 0. The van der Waals surface area contributed by atoms with Gasteiger partial charge in [-0.15, -0.1) is 0 Å². The summed E-state index contributed by atoms with van der Waals surface area (Å²) in [5.74, 6) is 0. The fourth-order valence-electron chi connectivity index (χ4n) is 1.60. The molecule has 1 atom stereocenters. The number of likely N-dealkylation sites (N-methyl/N-ethyl adjacent to an activating group) is 1. The lowest BCUT2D eigenvalue weighted by Gasteiger charge is -2.31. The van der Waals surface area contributed by atoms with Crippen LogP contribution < -0.4 is 5.32 Å². The van der Waals surface area contributed by atoms with Gasteiger partial charge < -0.3 is 15.0 Å². The fourth-order valence-corrected chi connectivity index (χ4v) is 1.84. The van der Waals surface area contributed by atoms with Crippen LogP contribution in [0.3, 0.4) is 0 Å². The summed E-state index contributed by atoms with van der Waals surface area (Å²) in [6.45, 7) is 9.51. The lowest BCUT2D eigenvalue weighted by atomic mass is 10.2. The standard InChI is InChI=1S/C11H24N2OS/c1-11(2,15-4)9-12-7-10-8-13(3)5-6-14-10/h10,12H,5-9H2,1-4H3. The molecule has 0 aromatic carbocycles. The maximum Gasteiger partial charge on any atom is 0.0826 e. The van der Waals surface area contributed by atoms with Crippen molar-refractivity contribution in [3.63, 3.8) is 0 Å². The summed E-state index contributed by atoms with van der Waals surface area (Å²) in [6.07, 6.45) is 2.52. The van der Waals surface area contributed by atoms with Gasteiger partial charge in [0.2, 0.25) is 0 Å². The molecule has 1 unspecified atom stereocenters. The zero-order chi connectivity index (χ0) is 11.3. The van der Waals surface area contributed by atoms with Crippen LogP contribution in [0.5, 0.6) is 0 Å². The molecule has 0 amide bonds. The lowest BCUT2D eigenvalue weighted by molar-refractivity contribution is -0.0181. The first-order valence-electron chi connectivity index (χ1n) is 5.59. The highest BCUT2D eigenvalue weighted by molar-refractivity contribution is 7.99. The minimum atomic E-state index is 0.320. The smallest absolute Gasteiger partial charge is 0.0826 e. The summed E-state index contributed by atoms with van der Waals surface area (Å²) in [7, 11) is 2.15. The second-order valence-electron chi connectivity index (χ2n) is 4.85. The SMILES string of the molecule is CSC(C)(C)CNCC1CN(C)CCO1. The Balaban J connectivity index is 2.14. The van der Waals surface area contributed by atoms with E-state index in [9.17, 15) is 0 Å². The van der Waals surface area contributed by atoms with Gasteiger partial charge in [-0.2, -0.15) is 11.8 Å². The Morgan fingerprint density at radius 3 is 2.87 bits per heavy atom. The molecule has 1 aliphatic heterocycles. The van der Waals surface area contributed by atoms with Gasteiger partial charge in [0.05, 0.1) is 12.7 Å². The van der Waals surface area contributed by atoms with Crippen molar-refractivity contribution in [2.75, 3.05) is 46.1 Å². The number of nitrogens with one attached hydrogen (secondary N) is 1. The molecule has 0 aromatic heterocycles. The van der Waals surface area contributed by atoms with Crippen LogP contribution in [0.25, 0.3) is 0 Å². The maximum atomic E-state index is 5.69. The Hall–Kier alpha value is 0.230. The van der Waals surface area contributed by atoms with E-state index in [0.29, 0.717) is 10.9 Å². The van der Waals surface area contributed by atoms with Gasteiger partial charge in [0.1, 0.15) is 0 Å². The van der Waals surface area contributed by atoms with E-state index in [1.165, 1.54) is 0 Å². The third-order valence-electron chi connectivity index (χ3n) is 2.82. The summed E-state index contributed by atoms with van der Waals surface area (Å²) < 4.78 is 6.01. The van der Waals surface area contributed by atoms with E-state index in [0.717, 1.165) is 32.8 Å². The van der Waals surface area contributed by atoms with Gasteiger partial charge in [0, 0.05) is 30.9 Å². The molecule has 90 valence electrons. The van der Waals surface area contributed by atoms with Crippen LogP contribution in [0.1, 0.15) is 13.8 Å². The number of hydrogen-bond acceptors (Lipinski definition) is 4. The van der Waals surface area contributed by atoms with Crippen molar-refractivity contribution in [1.82, 2.24) is 10.2 Å². The first-order chi connectivity index (χ1) is 7.03. The van der Waals surface area contributed by atoms with Crippen molar-refractivity contribution in [2.45, 2.75) is 24.7 Å². The van der Waals surface area contributed by atoms with Crippen LogP contribution in [0.4, 0.5) is 0 Å². The minimum absolute atomic E-state index is 0.320. The van der Waals surface area contributed by atoms with Gasteiger partial charge in [-0.25, -0.2) is 0 Å². The van der Waals surface area contributed by atoms with Gasteiger partial charge in [0.15, 0.2) is 0 Å². The monoisotopic (exact) mass is 232 g/mol. The maximum absolute atomic E-state index is 5.69. The van der Waals surface area contributed by atoms with Gasteiger partial charge in [-0.1, -0.05) is 0 Å². The number of nitrogens with zero attached hydrogens (tertiary/aromatic N) is 1. The summed E-state index contributed by atoms with van der Waals surface area (Å²) >= 11 is 1.90. The molecule has 0 radical (unpaired) electrons. The quantitative estimate of drug-likeness (QED) is 0.766. The van der Waals surface area contributed by atoms with E-state index in [1.807, 2.05) is 11.8 Å². The van der Waals surface area contributed by atoms with Crippen LogP contribution in [0.2, 0.25) is 0 Å².